The fourth-order valence-corrected chi connectivity index (χ4v) is 4.10. The van der Waals surface area contributed by atoms with Crippen molar-refractivity contribution < 1.29 is 4.79 Å². The van der Waals surface area contributed by atoms with Crippen molar-refractivity contribution in [1.29, 1.82) is 0 Å². The van der Waals surface area contributed by atoms with Gasteiger partial charge in [0.15, 0.2) is 11.0 Å². The lowest BCUT2D eigenvalue weighted by atomic mass is 10.1. The Hall–Kier alpha value is -3.09. The predicted octanol–water partition coefficient (Wildman–Crippen LogP) is 6.24. The highest BCUT2D eigenvalue weighted by atomic mass is 35.5. The molecule has 4 aromatic rings. The van der Waals surface area contributed by atoms with E-state index in [-0.39, 0.29) is 11.7 Å². The van der Waals surface area contributed by atoms with Gasteiger partial charge in [-0.2, -0.15) is 0 Å². The van der Waals surface area contributed by atoms with Gasteiger partial charge in [-0.3, -0.25) is 9.36 Å². The standard InChI is InChI=1S/C25H23ClN4OS/c1-16-4-12-22(13-5-16)30-24(19-7-9-20(26)10-8-19)28-29-25(30)32-15-23(31)27-21-11-6-17(2)18(3)14-21/h4-14H,15H2,1-3H3,(H,27,31). The van der Waals surface area contributed by atoms with Crippen LogP contribution in [-0.2, 0) is 4.79 Å². The molecule has 7 heteroatoms. The average Bonchev–Trinajstić information content (AvgIpc) is 3.20. The normalized spacial score (nSPS) is 10.9. The molecule has 0 radical (unpaired) electrons. The van der Waals surface area contributed by atoms with Crippen LogP contribution in [0, 0.1) is 20.8 Å². The number of nitrogens with zero attached hydrogens (tertiary/aromatic N) is 3. The van der Waals surface area contributed by atoms with E-state index in [1.807, 2.05) is 92.1 Å². The minimum atomic E-state index is -0.0928. The third kappa shape index (κ3) is 5.03. The first-order valence-electron chi connectivity index (χ1n) is 10.2. The Balaban J connectivity index is 1.59. The van der Waals surface area contributed by atoms with Crippen molar-refractivity contribution in [2.45, 2.75) is 25.9 Å². The second-order valence-corrected chi connectivity index (χ2v) is 9.00. The van der Waals surface area contributed by atoms with Gasteiger partial charge in [0.25, 0.3) is 0 Å². The number of anilines is 1. The van der Waals surface area contributed by atoms with Gasteiger partial charge in [0.05, 0.1) is 5.75 Å². The quantitative estimate of drug-likeness (QED) is 0.344. The van der Waals surface area contributed by atoms with E-state index in [9.17, 15) is 4.79 Å². The second-order valence-electron chi connectivity index (χ2n) is 7.62. The summed E-state index contributed by atoms with van der Waals surface area (Å²) in [7, 11) is 0. The number of carbonyl (C=O) groups is 1. The van der Waals surface area contributed by atoms with Crippen molar-refractivity contribution in [3.63, 3.8) is 0 Å². The van der Waals surface area contributed by atoms with Crippen molar-refractivity contribution in [1.82, 2.24) is 14.8 Å². The van der Waals surface area contributed by atoms with Gasteiger partial charge < -0.3 is 5.32 Å². The minimum Gasteiger partial charge on any atom is -0.325 e. The fraction of sp³-hybridized carbons (Fsp3) is 0.160. The summed E-state index contributed by atoms with van der Waals surface area (Å²) in [5, 5.41) is 13.1. The Kier molecular flexibility index (Phi) is 6.63. The number of rotatable bonds is 6. The van der Waals surface area contributed by atoms with Gasteiger partial charge in [-0.25, -0.2) is 0 Å². The molecule has 32 heavy (non-hydrogen) atoms. The fourth-order valence-electron chi connectivity index (χ4n) is 3.22. The van der Waals surface area contributed by atoms with E-state index in [1.54, 1.807) is 0 Å². The lowest BCUT2D eigenvalue weighted by molar-refractivity contribution is -0.113. The van der Waals surface area contributed by atoms with E-state index < -0.39 is 0 Å². The van der Waals surface area contributed by atoms with Crippen LogP contribution < -0.4 is 5.32 Å². The van der Waals surface area contributed by atoms with Crippen LogP contribution in [0.15, 0.2) is 71.9 Å². The molecule has 0 atom stereocenters. The van der Waals surface area contributed by atoms with Crippen LogP contribution in [0.4, 0.5) is 5.69 Å². The van der Waals surface area contributed by atoms with Crippen molar-refractivity contribution in [2.75, 3.05) is 11.1 Å². The molecule has 0 aliphatic rings. The molecule has 3 aromatic carbocycles. The molecule has 0 aliphatic heterocycles. The molecule has 0 unspecified atom stereocenters. The number of amides is 1. The third-order valence-electron chi connectivity index (χ3n) is 5.15. The molecular formula is C25H23ClN4OS. The molecule has 1 heterocycles. The monoisotopic (exact) mass is 462 g/mol. The Morgan fingerprint density at radius 3 is 2.34 bits per heavy atom. The van der Waals surface area contributed by atoms with E-state index in [1.165, 1.54) is 17.3 Å². The molecular weight excluding hydrogens is 440 g/mol. The number of aryl methyl sites for hydroxylation is 3. The molecule has 0 aliphatic carbocycles. The molecule has 0 saturated carbocycles. The van der Waals surface area contributed by atoms with Gasteiger partial charge in [-0.05, 0) is 80.4 Å². The summed E-state index contributed by atoms with van der Waals surface area (Å²) in [5.41, 5.74) is 6.12. The van der Waals surface area contributed by atoms with Crippen molar-refractivity contribution in [3.8, 4) is 17.1 Å². The van der Waals surface area contributed by atoms with Gasteiger partial charge in [0.1, 0.15) is 0 Å². The summed E-state index contributed by atoms with van der Waals surface area (Å²) in [6, 6.07) is 21.5. The number of nitrogens with one attached hydrogen (secondary N) is 1. The molecule has 1 N–H and O–H groups in total. The summed E-state index contributed by atoms with van der Waals surface area (Å²) < 4.78 is 1.97. The van der Waals surface area contributed by atoms with Crippen LogP contribution in [0.25, 0.3) is 17.1 Å². The second kappa shape index (κ2) is 9.59. The molecule has 162 valence electrons. The lowest BCUT2D eigenvalue weighted by Crippen LogP contribution is -2.14. The van der Waals surface area contributed by atoms with Crippen LogP contribution in [-0.4, -0.2) is 26.4 Å². The summed E-state index contributed by atoms with van der Waals surface area (Å²) in [6.07, 6.45) is 0. The van der Waals surface area contributed by atoms with Gasteiger partial charge in [0.2, 0.25) is 5.91 Å². The van der Waals surface area contributed by atoms with Crippen LogP contribution in [0.2, 0.25) is 5.02 Å². The van der Waals surface area contributed by atoms with Crippen LogP contribution in [0.1, 0.15) is 16.7 Å². The van der Waals surface area contributed by atoms with Crippen LogP contribution in [0.3, 0.4) is 0 Å². The van der Waals surface area contributed by atoms with Gasteiger partial charge in [0, 0.05) is 22.0 Å². The zero-order chi connectivity index (χ0) is 22.7. The summed E-state index contributed by atoms with van der Waals surface area (Å²) in [4.78, 5) is 12.6. The number of halogens is 1. The van der Waals surface area contributed by atoms with Crippen molar-refractivity contribution in [2.24, 2.45) is 0 Å². The van der Waals surface area contributed by atoms with Crippen molar-refractivity contribution in [3.05, 3.63) is 88.4 Å². The van der Waals surface area contributed by atoms with E-state index in [2.05, 4.69) is 15.5 Å². The number of thioether (sulfide) groups is 1. The maximum absolute atomic E-state index is 12.6. The van der Waals surface area contributed by atoms with Gasteiger partial charge >= 0.3 is 0 Å². The molecule has 0 fully saturated rings. The molecule has 1 amide bonds. The Morgan fingerprint density at radius 2 is 1.66 bits per heavy atom. The van der Waals surface area contributed by atoms with E-state index in [0.29, 0.717) is 16.0 Å². The third-order valence-corrected chi connectivity index (χ3v) is 6.33. The van der Waals surface area contributed by atoms with Gasteiger partial charge in [-0.15, -0.1) is 10.2 Å². The summed E-state index contributed by atoms with van der Waals surface area (Å²) in [6.45, 7) is 6.12. The number of hydrogen-bond acceptors (Lipinski definition) is 4. The molecule has 4 rings (SSSR count). The first-order chi connectivity index (χ1) is 15.4. The van der Waals surface area contributed by atoms with Gasteiger partial charge in [-0.1, -0.05) is 47.1 Å². The Morgan fingerprint density at radius 1 is 0.938 bits per heavy atom. The van der Waals surface area contributed by atoms with E-state index in [4.69, 9.17) is 11.6 Å². The smallest absolute Gasteiger partial charge is 0.234 e. The topological polar surface area (TPSA) is 59.8 Å². The zero-order valence-corrected chi connectivity index (χ0v) is 19.7. The summed E-state index contributed by atoms with van der Waals surface area (Å²) in [5.74, 6) is 0.824. The Bertz CT molecular complexity index is 1250. The molecule has 1 aromatic heterocycles. The Labute approximate surface area is 196 Å². The first-order valence-corrected chi connectivity index (χ1v) is 11.6. The summed E-state index contributed by atoms with van der Waals surface area (Å²) >= 11 is 7.41. The zero-order valence-electron chi connectivity index (χ0n) is 18.1. The highest BCUT2D eigenvalue weighted by Gasteiger charge is 2.17. The average molecular weight is 463 g/mol. The van der Waals surface area contributed by atoms with Crippen molar-refractivity contribution >= 4 is 35.0 Å². The maximum Gasteiger partial charge on any atom is 0.234 e. The number of aromatic nitrogens is 3. The highest BCUT2D eigenvalue weighted by molar-refractivity contribution is 7.99. The van der Waals surface area contributed by atoms with Crippen LogP contribution >= 0.6 is 23.4 Å². The molecule has 0 saturated heterocycles. The minimum absolute atomic E-state index is 0.0928. The molecule has 0 spiro atoms. The number of hydrogen-bond donors (Lipinski definition) is 1. The van der Waals surface area contributed by atoms with E-state index in [0.717, 1.165) is 28.1 Å². The first kappa shape index (κ1) is 22.1. The maximum atomic E-state index is 12.6. The molecule has 0 bridgehead atoms. The largest absolute Gasteiger partial charge is 0.325 e. The SMILES string of the molecule is Cc1ccc(-n2c(SCC(=O)Nc3ccc(C)c(C)c3)nnc2-c2ccc(Cl)cc2)cc1. The lowest BCUT2D eigenvalue weighted by Gasteiger charge is -2.11. The van der Waals surface area contributed by atoms with E-state index >= 15 is 0 Å². The predicted molar refractivity (Wildman–Crippen MR) is 132 cm³/mol. The van der Waals surface area contributed by atoms with Crippen LogP contribution in [0.5, 0.6) is 0 Å². The highest BCUT2D eigenvalue weighted by Crippen LogP contribution is 2.29. The number of benzene rings is 3. The molecule has 5 nitrogen and oxygen atoms in total. The number of carbonyl (C=O) groups excluding carboxylic acids is 1.